The van der Waals surface area contributed by atoms with Gasteiger partial charge < -0.3 is 0 Å². The number of nitrogens with one attached hydrogen (secondary N) is 1. The molecule has 0 aromatic heterocycles. The van der Waals surface area contributed by atoms with Crippen LogP contribution in [0.3, 0.4) is 0 Å². The van der Waals surface area contributed by atoms with Crippen LogP contribution in [0, 0.1) is 10.1 Å². The molecule has 0 heterocycles. The Balaban J connectivity index is 1.98. The molecular formula is C14H11N3O3. The number of hydrazone groups is 1. The summed E-state index contributed by atoms with van der Waals surface area (Å²) in [6, 6.07) is 12.9. The van der Waals surface area contributed by atoms with Gasteiger partial charge in [0.25, 0.3) is 5.69 Å². The van der Waals surface area contributed by atoms with Gasteiger partial charge in [-0.05, 0) is 17.7 Å². The molecule has 1 N–H and O–H groups in total. The van der Waals surface area contributed by atoms with E-state index in [1.54, 1.807) is 42.6 Å². The SMILES string of the molecule is O=Cc1ccc(C=NNc2ccc([N+](=O)[O-])cc2)cc1. The van der Waals surface area contributed by atoms with Crippen LogP contribution in [-0.4, -0.2) is 17.4 Å². The van der Waals surface area contributed by atoms with Crippen LogP contribution in [0.15, 0.2) is 53.6 Å². The number of non-ortho nitro benzene ring substituents is 1. The van der Waals surface area contributed by atoms with Gasteiger partial charge >= 0.3 is 0 Å². The van der Waals surface area contributed by atoms with Crippen molar-refractivity contribution in [2.75, 3.05) is 5.43 Å². The van der Waals surface area contributed by atoms with E-state index in [1.807, 2.05) is 0 Å². The van der Waals surface area contributed by atoms with E-state index in [2.05, 4.69) is 10.5 Å². The highest BCUT2D eigenvalue weighted by atomic mass is 16.6. The molecule has 6 nitrogen and oxygen atoms in total. The maximum Gasteiger partial charge on any atom is 0.269 e. The molecule has 0 saturated carbocycles. The van der Waals surface area contributed by atoms with E-state index in [0.29, 0.717) is 11.3 Å². The van der Waals surface area contributed by atoms with Gasteiger partial charge in [-0.2, -0.15) is 5.10 Å². The van der Waals surface area contributed by atoms with Crippen molar-refractivity contribution in [3.05, 3.63) is 69.8 Å². The zero-order valence-electron chi connectivity index (χ0n) is 10.4. The predicted octanol–water partition coefficient (Wildman–Crippen LogP) is 2.85. The fourth-order valence-corrected chi connectivity index (χ4v) is 1.50. The van der Waals surface area contributed by atoms with Crippen LogP contribution in [0.1, 0.15) is 15.9 Å². The van der Waals surface area contributed by atoms with Gasteiger partial charge in [-0.15, -0.1) is 0 Å². The number of hydrogen-bond donors (Lipinski definition) is 1. The minimum Gasteiger partial charge on any atom is -0.298 e. The summed E-state index contributed by atoms with van der Waals surface area (Å²) in [6.07, 6.45) is 2.37. The monoisotopic (exact) mass is 269 g/mol. The van der Waals surface area contributed by atoms with Crippen LogP contribution in [0.25, 0.3) is 0 Å². The molecule has 0 amide bonds. The molecule has 20 heavy (non-hydrogen) atoms. The van der Waals surface area contributed by atoms with Gasteiger partial charge in [0.1, 0.15) is 6.29 Å². The number of nitro groups is 1. The summed E-state index contributed by atoms with van der Waals surface area (Å²) in [5.74, 6) is 0. The van der Waals surface area contributed by atoms with E-state index in [1.165, 1.54) is 12.1 Å². The molecule has 6 heteroatoms. The van der Waals surface area contributed by atoms with Gasteiger partial charge in [0.15, 0.2) is 0 Å². The number of carbonyl (C=O) groups is 1. The Kier molecular flexibility index (Phi) is 4.18. The first-order valence-corrected chi connectivity index (χ1v) is 5.78. The van der Waals surface area contributed by atoms with E-state index in [4.69, 9.17) is 0 Å². The molecule has 0 aliphatic carbocycles. The molecule has 100 valence electrons. The standard InChI is InChI=1S/C14H11N3O3/c18-10-12-3-1-11(2-4-12)9-15-16-13-5-7-14(8-6-13)17(19)20/h1-10,16H. The summed E-state index contributed by atoms with van der Waals surface area (Å²) in [6.45, 7) is 0. The first-order valence-electron chi connectivity index (χ1n) is 5.78. The van der Waals surface area contributed by atoms with Crippen LogP contribution < -0.4 is 5.43 Å². The number of rotatable bonds is 5. The fraction of sp³-hybridized carbons (Fsp3) is 0. The van der Waals surface area contributed by atoms with E-state index in [-0.39, 0.29) is 5.69 Å². The Labute approximate surface area is 114 Å². The zero-order valence-corrected chi connectivity index (χ0v) is 10.4. The van der Waals surface area contributed by atoms with Gasteiger partial charge in [0.2, 0.25) is 0 Å². The lowest BCUT2D eigenvalue weighted by molar-refractivity contribution is -0.384. The molecule has 0 radical (unpaired) electrons. The minimum atomic E-state index is -0.457. The second-order valence-corrected chi connectivity index (χ2v) is 3.96. The molecule has 0 unspecified atom stereocenters. The van der Waals surface area contributed by atoms with Crippen LogP contribution in [0.2, 0.25) is 0 Å². The molecule has 0 atom stereocenters. The number of nitro benzene ring substituents is 1. The molecule has 2 aromatic rings. The Hall–Kier alpha value is -3.02. The first kappa shape index (κ1) is 13.4. The second kappa shape index (κ2) is 6.24. The maximum atomic E-state index is 10.5. The van der Waals surface area contributed by atoms with Gasteiger partial charge in [0.05, 0.1) is 16.8 Å². The predicted molar refractivity (Wildman–Crippen MR) is 76.1 cm³/mol. The van der Waals surface area contributed by atoms with Crippen molar-refractivity contribution < 1.29 is 9.72 Å². The van der Waals surface area contributed by atoms with E-state index in [0.717, 1.165) is 11.8 Å². The Morgan fingerprint density at radius 1 is 1.00 bits per heavy atom. The van der Waals surface area contributed by atoms with Crippen LogP contribution in [0.5, 0.6) is 0 Å². The summed E-state index contributed by atoms with van der Waals surface area (Å²) in [5.41, 5.74) is 4.89. The minimum absolute atomic E-state index is 0.0315. The third-order valence-corrected chi connectivity index (χ3v) is 2.56. The lowest BCUT2D eigenvalue weighted by Gasteiger charge is -1.99. The molecule has 0 spiro atoms. The van der Waals surface area contributed by atoms with Crippen molar-refractivity contribution in [3.63, 3.8) is 0 Å². The molecule has 0 fully saturated rings. The molecule has 0 saturated heterocycles. The van der Waals surface area contributed by atoms with Crippen molar-refractivity contribution in [1.82, 2.24) is 0 Å². The Bertz CT molecular complexity index is 634. The smallest absolute Gasteiger partial charge is 0.269 e. The molecular weight excluding hydrogens is 258 g/mol. The van der Waals surface area contributed by atoms with Crippen molar-refractivity contribution in [1.29, 1.82) is 0 Å². The van der Waals surface area contributed by atoms with Crippen LogP contribution >= 0.6 is 0 Å². The average molecular weight is 269 g/mol. The summed E-state index contributed by atoms with van der Waals surface area (Å²) in [7, 11) is 0. The van der Waals surface area contributed by atoms with E-state index in [9.17, 15) is 14.9 Å². The number of hydrogen-bond acceptors (Lipinski definition) is 5. The Morgan fingerprint density at radius 2 is 1.60 bits per heavy atom. The third kappa shape index (κ3) is 3.49. The van der Waals surface area contributed by atoms with Crippen LogP contribution in [0.4, 0.5) is 11.4 Å². The lowest BCUT2D eigenvalue weighted by Crippen LogP contribution is -1.92. The average Bonchev–Trinajstić information content (AvgIpc) is 2.48. The number of anilines is 1. The number of carbonyl (C=O) groups excluding carboxylic acids is 1. The maximum absolute atomic E-state index is 10.5. The molecule has 0 aliphatic rings. The first-order chi connectivity index (χ1) is 9.69. The van der Waals surface area contributed by atoms with Crippen molar-refractivity contribution in [3.8, 4) is 0 Å². The normalized spacial score (nSPS) is 10.4. The van der Waals surface area contributed by atoms with E-state index >= 15 is 0 Å². The molecule has 2 aromatic carbocycles. The largest absolute Gasteiger partial charge is 0.298 e. The van der Waals surface area contributed by atoms with Gasteiger partial charge in [0, 0.05) is 17.7 Å². The highest BCUT2D eigenvalue weighted by Crippen LogP contribution is 2.15. The topological polar surface area (TPSA) is 84.6 Å². The van der Waals surface area contributed by atoms with Crippen LogP contribution in [-0.2, 0) is 0 Å². The summed E-state index contributed by atoms with van der Waals surface area (Å²) in [5, 5.41) is 14.5. The van der Waals surface area contributed by atoms with Crippen molar-refractivity contribution >= 4 is 23.9 Å². The number of aldehydes is 1. The summed E-state index contributed by atoms with van der Waals surface area (Å²) >= 11 is 0. The lowest BCUT2D eigenvalue weighted by atomic mass is 10.2. The third-order valence-electron chi connectivity index (χ3n) is 2.56. The number of nitrogens with zero attached hydrogens (tertiary/aromatic N) is 2. The molecule has 2 rings (SSSR count). The number of benzene rings is 2. The summed E-state index contributed by atoms with van der Waals surface area (Å²) < 4.78 is 0. The highest BCUT2D eigenvalue weighted by Gasteiger charge is 2.02. The zero-order chi connectivity index (χ0) is 14.4. The second-order valence-electron chi connectivity index (χ2n) is 3.96. The fourth-order valence-electron chi connectivity index (χ4n) is 1.50. The Morgan fingerprint density at radius 3 is 2.15 bits per heavy atom. The quantitative estimate of drug-likeness (QED) is 0.391. The van der Waals surface area contributed by atoms with Crippen molar-refractivity contribution in [2.24, 2.45) is 5.10 Å². The van der Waals surface area contributed by atoms with Gasteiger partial charge in [-0.25, -0.2) is 0 Å². The van der Waals surface area contributed by atoms with Crippen molar-refractivity contribution in [2.45, 2.75) is 0 Å². The summed E-state index contributed by atoms with van der Waals surface area (Å²) in [4.78, 5) is 20.5. The van der Waals surface area contributed by atoms with Gasteiger partial charge in [-0.1, -0.05) is 24.3 Å². The van der Waals surface area contributed by atoms with Gasteiger partial charge in [-0.3, -0.25) is 20.3 Å². The molecule has 0 bridgehead atoms. The highest BCUT2D eigenvalue weighted by molar-refractivity contribution is 5.82. The van der Waals surface area contributed by atoms with E-state index < -0.39 is 4.92 Å². The molecule has 0 aliphatic heterocycles.